The molecule has 2 heterocycles. The largest absolute Gasteiger partial charge is 0.332 e. The lowest BCUT2D eigenvalue weighted by molar-refractivity contribution is 0.389. The van der Waals surface area contributed by atoms with Crippen molar-refractivity contribution in [1.82, 2.24) is 9.88 Å². The number of nitrogens with one attached hydrogen (secondary N) is 1. The van der Waals surface area contributed by atoms with E-state index in [0.29, 0.717) is 6.17 Å². The van der Waals surface area contributed by atoms with Gasteiger partial charge in [0.2, 0.25) is 0 Å². The summed E-state index contributed by atoms with van der Waals surface area (Å²) in [6.45, 7) is 7.72. The molecule has 0 fully saturated rings. The maximum absolute atomic E-state index is 3.52. The van der Waals surface area contributed by atoms with E-state index in [-0.39, 0.29) is 0 Å². The summed E-state index contributed by atoms with van der Waals surface area (Å²) < 4.78 is 2.45. The fourth-order valence-corrected chi connectivity index (χ4v) is 2.94. The van der Waals surface area contributed by atoms with Crippen LogP contribution >= 0.6 is 0 Å². The first-order valence-electron chi connectivity index (χ1n) is 6.02. The molecule has 1 aliphatic heterocycles. The molecular weight excluding hydrogens is 196 g/mol. The van der Waals surface area contributed by atoms with E-state index in [4.69, 9.17) is 0 Å². The van der Waals surface area contributed by atoms with E-state index in [9.17, 15) is 0 Å². The van der Waals surface area contributed by atoms with E-state index in [1.165, 1.54) is 27.7 Å². The molecule has 0 saturated carbocycles. The number of nitrogens with zero attached hydrogens (tertiary/aromatic N) is 1. The molecule has 2 aromatic rings. The molecule has 3 rings (SSSR count). The third-order valence-electron chi connectivity index (χ3n) is 3.72. The van der Waals surface area contributed by atoms with Crippen molar-refractivity contribution in [1.29, 1.82) is 0 Å². The molecule has 0 bridgehead atoms. The van der Waals surface area contributed by atoms with E-state index < -0.39 is 0 Å². The van der Waals surface area contributed by atoms with E-state index >= 15 is 0 Å². The topological polar surface area (TPSA) is 17.0 Å². The Hall–Kier alpha value is -1.28. The van der Waals surface area contributed by atoms with E-state index in [1.54, 1.807) is 0 Å². The fraction of sp³-hybridized carbons (Fsp3) is 0.429. The van der Waals surface area contributed by atoms with Gasteiger partial charge in [-0.25, -0.2) is 0 Å². The number of rotatable bonds is 0. The second-order valence-corrected chi connectivity index (χ2v) is 4.83. The van der Waals surface area contributed by atoms with Crippen molar-refractivity contribution in [3.8, 4) is 0 Å². The molecule has 0 spiro atoms. The van der Waals surface area contributed by atoms with Gasteiger partial charge in [0.05, 0.1) is 6.17 Å². The number of benzene rings is 1. The van der Waals surface area contributed by atoms with Crippen LogP contribution in [0.2, 0.25) is 0 Å². The predicted molar refractivity (Wildman–Crippen MR) is 67.8 cm³/mol. The van der Waals surface area contributed by atoms with Gasteiger partial charge in [-0.3, -0.25) is 5.32 Å². The first kappa shape index (κ1) is 9.91. The molecule has 1 unspecified atom stereocenters. The zero-order valence-electron chi connectivity index (χ0n) is 10.2. The minimum Gasteiger partial charge on any atom is -0.332 e. The molecule has 2 heteroatoms. The van der Waals surface area contributed by atoms with Gasteiger partial charge in [0, 0.05) is 35.1 Å². The molecule has 1 aliphatic rings. The van der Waals surface area contributed by atoms with Crippen LogP contribution in [-0.2, 0) is 6.42 Å². The lowest BCUT2D eigenvalue weighted by atomic mass is 10.1. The van der Waals surface area contributed by atoms with Crippen molar-refractivity contribution >= 4 is 10.8 Å². The van der Waals surface area contributed by atoms with Gasteiger partial charge < -0.3 is 4.57 Å². The Bertz CT molecular complexity index is 551. The second-order valence-electron chi connectivity index (χ2n) is 4.83. The van der Waals surface area contributed by atoms with Crippen LogP contribution < -0.4 is 5.32 Å². The number of aryl methyl sites for hydroxylation is 2. The highest BCUT2D eigenvalue weighted by molar-refractivity contribution is 5.89. The Morgan fingerprint density at radius 1 is 1.25 bits per heavy atom. The van der Waals surface area contributed by atoms with Crippen molar-refractivity contribution < 1.29 is 0 Å². The summed E-state index contributed by atoms with van der Waals surface area (Å²) in [5.74, 6) is 0. The maximum Gasteiger partial charge on any atom is 0.0810 e. The number of aromatic nitrogens is 1. The monoisotopic (exact) mass is 214 g/mol. The van der Waals surface area contributed by atoms with Gasteiger partial charge in [0.25, 0.3) is 0 Å². The van der Waals surface area contributed by atoms with Gasteiger partial charge in [0.15, 0.2) is 0 Å². The third kappa shape index (κ3) is 1.23. The molecule has 2 nitrogen and oxygen atoms in total. The average molecular weight is 214 g/mol. The van der Waals surface area contributed by atoms with E-state index in [1.807, 2.05) is 0 Å². The first-order valence-corrected chi connectivity index (χ1v) is 6.02. The van der Waals surface area contributed by atoms with Gasteiger partial charge in [-0.15, -0.1) is 0 Å². The van der Waals surface area contributed by atoms with Crippen molar-refractivity contribution in [2.24, 2.45) is 0 Å². The minimum atomic E-state index is 0.427. The SMILES string of the molecule is Cc1ccc2c3n(c(C)c2c1)C(C)NCC3. The van der Waals surface area contributed by atoms with Gasteiger partial charge in [-0.05, 0) is 26.8 Å². The zero-order chi connectivity index (χ0) is 11.3. The van der Waals surface area contributed by atoms with Gasteiger partial charge in [-0.1, -0.05) is 17.7 Å². The van der Waals surface area contributed by atoms with Crippen LogP contribution in [-0.4, -0.2) is 11.1 Å². The number of hydrogen-bond acceptors (Lipinski definition) is 1. The lowest BCUT2D eigenvalue weighted by Crippen LogP contribution is -2.33. The Kier molecular flexibility index (Phi) is 2.08. The van der Waals surface area contributed by atoms with Gasteiger partial charge >= 0.3 is 0 Å². The highest BCUT2D eigenvalue weighted by atomic mass is 15.2. The molecule has 0 amide bonds. The summed E-state index contributed by atoms with van der Waals surface area (Å²) in [4.78, 5) is 0. The number of hydrogen-bond donors (Lipinski definition) is 1. The first-order chi connectivity index (χ1) is 7.68. The fourth-order valence-electron chi connectivity index (χ4n) is 2.94. The predicted octanol–water partition coefficient (Wildman–Crippen LogP) is 2.92. The third-order valence-corrected chi connectivity index (χ3v) is 3.72. The molecule has 16 heavy (non-hydrogen) atoms. The zero-order valence-corrected chi connectivity index (χ0v) is 10.2. The van der Waals surface area contributed by atoms with E-state index in [0.717, 1.165) is 13.0 Å². The van der Waals surface area contributed by atoms with Gasteiger partial charge in [0.1, 0.15) is 0 Å². The molecule has 0 saturated heterocycles. The van der Waals surface area contributed by atoms with Crippen LogP contribution in [0.1, 0.15) is 30.0 Å². The lowest BCUT2D eigenvalue weighted by Gasteiger charge is -2.26. The minimum absolute atomic E-state index is 0.427. The Balaban J connectivity index is 2.38. The molecule has 0 aliphatic carbocycles. The molecule has 1 atom stereocenters. The smallest absolute Gasteiger partial charge is 0.0810 e. The van der Waals surface area contributed by atoms with Crippen LogP contribution in [0.5, 0.6) is 0 Å². The molecule has 1 aromatic carbocycles. The molecule has 84 valence electrons. The summed E-state index contributed by atoms with van der Waals surface area (Å²) >= 11 is 0. The van der Waals surface area contributed by atoms with Crippen LogP contribution in [0.25, 0.3) is 10.8 Å². The van der Waals surface area contributed by atoms with Crippen molar-refractivity contribution in [3.05, 3.63) is 35.2 Å². The number of fused-ring (bicyclic) bond motifs is 3. The van der Waals surface area contributed by atoms with Crippen molar-refractivity contribution in [3.63, 3.8) is 0 Å². The Labute approximate surface area is 96.3 Å². The summed E-state index contributed by atoms with van der Waals surface area (Å²) in [7, 11) is 0. The van der Waals surface area contributed by atoms with Crippen molar-refractivity contribution in [2.45, 2.75) is 33.4 Å². The van der Waals surface area contributed by atoms with Crippen LogP contribution in [0, 0.1) is 13.8 Å². The van der Waals surface area contributed by atoms with Crippen LogP contribution in [0.4, 0.5) is 0 Å². The molecule has 0 radical (unpaired) electrons. The Morgan fingerprint density at radius 2 is 2.06 bits per heavy atom. The average Bonchev–Trinajstić information content (AvgIpc) is 2.54. The normalized spacial score (nSPS) is 20.1. The Morgan fingerprint density at radius 3 is 2.88 bits per heavy atom. The highest BCUT2D eigenvalue weighted by Gasteiger charge is 2.20. The highest BCUT2D eigenvalue weighted by Crippen LogP contribution is 2.31. The quantitative estimate of drug-likeness (QED) is 0.713. The maximum atomic E-state index is 3.52. The molecule has 1 N–H and O–H groups in total. The molecule has 1 aromatic heterocycles. The summed E-state index contributed by atoms with van der Waals surface area (Å²) in [6.07, 6.45) is 1.56. The van der Waals surface area contributed by atoms with Gasteiger partial charge in [-0.2, -0.15) is 0 Å². The van der Waals surface area contributed by atoms with Crippen LogP contribution in [0.15, 0.2) is 18.2 Å². The molecular formula is C14H18N2. The standard InChI is InChI=1S/C14H18N2/c1-9-4-5-12-13(8-9)10(2)16-11(3)15-7-6-14(12)16/h4-5,8,11,15H,6-7H2,1-3H3. The summed E-state index contributed by atoms with van der Waals surface area (Å²) in [5.41, 5.74) is 4.24. The summed E-state index contributed by atoms with van der Waals surface area (Å²) in [5, 5.41) is 6.38. The van der Waals surface area contributed by atoms with Crippen LogP contribution in [0.3, 0.4) is 0 Å². The summed E-state index contributed by atoms with van der Waals surface area (Å²) in [6, 6.07) is 6.81. The second kappa shape index (κ2) is 3.36. The van der Waals surface area contributed by atoms with E-state index in [2.05, 4.69) is 48.9 Å². The van der Waals surface area contributed by atoms with Crippen molar-refractivity contribution in [2.75, 3.05) is 6.54 Å².